The molecular formula is C14H13N3O. The van der Waals surface area contributed by atoms with Gasteiger partial charge in [0.25, 0.3) is 0 Å². The zero-order valence-corrected chi connectivity index (χ0v) is 10.2. The van der Waals surface area contributed by atoms with Crippen LogP contribution in [0.3, 0.4) is 0 Å². The number of benzene rings is 1. The third-order valence-electron chi connectivity index (χ3n) is 3.08. The Bertz CT molecular complexity index is 731. The number of nitrogens with one attached hydrogen (secondary N) is 1. The quantitative estimate of drug-likeness (QED) is 0.686. The van der Waals surface area contributed by atoms with Gasteiger partial charge in [-0.2, -0.15) is 0 Å². The molecule has 3 rings (SSSR count). The maximum Gasteiger partial charge on any atom is 0.178 e. The van der Waals surface area contributed by atoms with Crippen molar-refractivity contribution in [3.8, 4) is 17.1 Å². The van der Waals surface area contributed by atoms with E-state index in [1.54, 1.807) is 12.3 Å². The van der Waals surface area contributed by atoms with Crippen LogP contribution in [0.5, 0.6) is 5.75 Å². The third-order valence-corrected chi connectivity index (χ3v) is 3.08. The lowest BCUT2D eigenvalue weighted by atomic mass is 10.1. The number of aryl methyl sites for hydroxylation is 2. The summed E-state index contributed by atoms with van der Waals surface area (Å²) in [6, 6.07) is 7.46. The molecule has 1 aromatic carbocycles. The smallest absolute Gasteiger partial charge is 0.178 e. The van der Waals surface area contributed by atoms with E-state index in [1.165, 1.54) is 0 Å². The standard InChI is InChI=1S/C14H13N3O/c1-8-3-4-10(7-11(8)18)13-16-12-9(2)5-6-15-14(12)17-13/h3-7,18H,1-2H3,(H,15,16,17). The summed E-state index contributed by atoms with van der Waals surface area (Å²) in [7, 11) is 0. The van der Waals surface area contributed by atoms with Gasteiger partial charge in [-0.1, -0.05) is 12.1 Å². The minimum absolute atomic E-state index is 0.276. The second-order valence-electron chi connectivity index (χ2n) is 4.41. The Morgan fingerprint density at radius 2 is 1.94 bits per heavy atom. The van der Waals surface area contributed by atoms with Gasteiger partial charge >= 0.3 is 0 Å². The van der Waals surface area contributed by atoms with Crippen molar-refractivity contribution in [2.24, 2.45) is 0 Å². The second-order valence-corrected chi connectivity index (χ2v) is 4.41. The van der Waals surface area contributed by atoms with Crippen molar-refractivity contribution in [2.45, 2.75) is 13.8 Å². The molecule has 4 heteroatoms. The van der Waals surface area contributed by atoms with Crippen molar-refractivity contribution in [3.05, 3.63) is 41.6 Å². The molecule has 0 saturated carbocycles. The molecule has 2 heterocycles. The van der Waals surface area contributed by atoms with Gasteiger partial charge in [-0.15, -0.1) is 0 Å². The van der Waals surface area contributed by atoms with Crippen LogP contribution in [0.1, 0.15) is 11.1 Å². The Hall–Kier alpha value is -2.36. The molecule has 0 radical (unpaired) electrons. The molecule has 0 atom stereocenters. The van der Waals surface area contributed by atoms with Crippen molar-refractivity contribution < 1.29 is 5.11 Å². The fraction of sp³-hybridized carbons (Fsp3) is 0.143. The average molecular weight is 239 g/mol. The van der Waals surface area contributed by atoms with E-state index in [9.17, 15) is 5.11 Å². The highest BCUT2D eigenvalue weighted by Crippen LogP contribution is 2.26. The minimum Gasteiger partial charge on any atom is -0.508 e. The number of hydrogen-bond donors (Lipinski definition) is 2. The number of phenolic OH excluding ortho intramolecular Hbond substituents is 1. The van der Waals surface area contributed by atoms with Crippen molar-refractivity contribution in [1.29, 1.82) is 0 Å². The first-order valence-electron chi connectivity index (χ1n) is 5.76. The monoisotopic (exact) mass is 239 g/mol. The number of nitrogens with zero attached hydrogens (tertiary/aromatic N) is 2. The van der Waals surface area contributed by atoms with Crippen molar-refractivity contribution in [2.75, 3.05) is 0 Å². The average Bonchev–Trinajstić information content (AvgIpc) is 2.78. The van der Waals surface area contributed by atoms with E-state index in [-0.39, 0.29) is 5.75 Å². The summed E-state index contributed by atoms with van der Waals surface area (Å²) in [5, 5.41) is 9.73. The molecule has 0 aliphatic heterocycles. The second kappa shape index (κ2) is 3.84. The van der Waals surface area contributed by atoms with Gasteiger partial charge in [-0.25, -0.2) is 9.97 Å². The first kappa shape index (κ1) is 10.8. The van der Waals surface area contributed by atoms with Gasteiger partial charge in [0.15, 0.2) is 5.65 Å². The van der Waals surface area contributed by atoms with Crippen molar-refractivity contribution in [3.63, 3.8) is 0 Å². The summed E-state index contributed by atoms with van der Waals surface area (Å²) in [6.45, 7) is 3.88. The maximum absolute atomic E-state index is 9.73. The maximum atomic E-state index is 9.73. The zero-order valence-electron chi connectivity index (χ0n) is 10.2. The van der Waals surface area contributed by atoms with E-state index < -0.39 is 0 Å². The lowest BCUT2D eigenvalue weighted by Crippen LogP contribution is -1.82. The third kappa shape index (κ3) is 1.62. The van der Waals surface area contributed by atoms with Gasteiger partial charge in [-0.05, 0) is 37.1 Å². The summed E-state index contributed by atoms with van der Waals surface area (Å²) < 4.78 is 0. The van der Waals surface area contributed by atoms with Crippen LogP contribution >= 0.6 is 0 Å². The van der Waals surface area contributed by atoms with Crippen molar-refractivity contribution in [1.82, 2.24) is 15.0 Å². The zero-order chi connectivity index (χ0) is 12.7. The lowest BCUT2D eigenvalue weighted by molar-refractivity contribution is 0.471. The van der Waals surface area contributed by atoms with E-state index >= 15 is 0 Å². The Balaban J connectivity index is 2.19. The molecule has 18 heavy (non-hydrogen) atoms. The molecule has 0 spiro atoms. The molecular weight excluding hydrogens is 226 g/mol. The lowest BCUT2D eigenvalue weighted by Gasteiger charge is -2.00. The number of phenols is 1. The van der Waals surface area contributed by atoms with E-state index in [2.05, 4.69) is 15.0 Å². The van der Waals surface area contributed by atoms with Crippen LogP contribution in [0.4, 0.5) is 0 Å². The number of aromatic amines is 1. The SMILES string of the molecule is Cc1ccc(-c2nc3nccc(C)c3[nH]2)cc1O. The molecule has 0 unspecified atom stereocenters. The normalized spacial score (nSPS) is 11.0. The Morgan fingerprint density at radius 1 is 1.11 bits per heavy atom. The van der Waals surface area contributed by atoms with Crippen LogP contribution in [0, 0.1) is 13.8 Å². The molecule has 4 nitrogen and oxygen atoms in total. The first-order chi connectivity index (χ1) is 8.65. The number of H-pyrrole nitrogens is 1. The molecule has 3 aromatic rings. The Labute approximate surface area is 104 Å². The van der Waals surface area contributed by atoms with E-state index in [1.807, 2.05) is 32.0 Å². The predicted molar refractivity (Wildman–Crippen MR) is 70.5 cm³/mol. The van der Waals surface area contributed by atoms with E-state index in [0.717, 1.165) is 28.0 Å². The van der Waals surface area contributed by atoms with Gasteiger partial charge in [0.1, 0.15) is 11.6 Å². The van der Waals surface area contributed by atoms with Crippen molar-refractivity contribution >= 4 is 11.2 Å². The summed E-state index contributed by atoms with van der Waals surface area (Å²) in [4.78, 5) is 11.9. The fourth-order valence-electron chi connectivity index (χ4n) is 1.93. The largest absolute Gasteiger partial charge is 0.508 e. The highest BCUT2D eigenvalue weighted by Gasteiger charge is 2.08. The van der Waals surface area contributed by atoms with Crippen LogP contribution in [0.25, 0.3) is 22.6 Å². The molecule has 0 amide bonds. The Morgan fingerprint density at radius 3 is 2.67 bits per heavy atom. The van der Waals surface area contributed by atoms with E-state index in [4.69, 9.17) is 0 Å². The number of imidazole rings is 1. The molecule has 2 N–H and O–H groups in total. The topological polar surface area (TPSA) is 61.8 Å². The summed E-state index contributed by atoms with van der Waals surface area (Å²) in [6.07, 6.45) is 1.74. The first-order valence-corrected chi connectivity index (χ1v) is 5.76. The van der Waals surface area contributed by atoms with Crippen LogP contribution < -0.4 is 0 Å². The van der Waals surface area contributed by atoms with Gasteiger partial charge < -0.3 is 10.1 Å². The van der Waals surface area contributed by atoms with Crippen LogP contribution in [0.15, 0.2) is 30.5 Å². The molecule has 0 bridgehead atoms. The minimum atomic E-state index is 0.276. The number of rotatable bonds is 1. The number of aromatic hydroxyl groups is 1. The molecule has 0 aliphatic carbocycles. The van der Waals surface area contributed by atoms with E-state index in [0.29, 0.717) is 5.65 Å². The number of hydrogen-bond acceptors (Lipinski definition) is 3. The molecule has 0 fully saturated rings. The molecule has 90 valence electrons. The number of pyridine rings is 1. The predicted octanol–water partition coefficient (Wildman–Crippen LogP) is 2.95. The summed E-state index contributed by atoms with van der Waals surface area (Å²) >= 11 is 0. The number of fused-ring (bicyclic) bond motifs is 1. The van der Waals surface area contributed by atoms with Crippen LogP contribution in [-0.4, -0.2) is 20.1 Å². The number of aromatic nitrogens is 3. The van der Waals surface area contributed by atoms with Gasteiger partial charge in [0.2, 0.25) is 0 Å². The molecule has 2 aromatic heterocycles. The van der Waals surface area contributed by atoms with Gasteiger partial charge in [-0.3, -0.25) is 0 Å². The summed E-state index contributed by atoms with van der Waals surface area (Å²) in [5.74, 6) is 1.000. The fourth-order valence-corrected chi connectivity index (χ4v) is 1.93. The highest BCUT2D eigenvalue weighted by molar-refractivity contribution is 5.78. The highest BCUT2D eigenvalue weighted by atomic mass is 16.3. The summed E-state index contributed by atoms with van der Waals surface area (Å²) in [5.41, 5.74) is 4.45. The van der Waals surface area contributed by atoms with Gasteiger partial charge in [0.05, 0.1) is 5.52 Å². The Kier molecular flexibility index (Phi) is 2.30. The van der Waals surface area contributed by atoms with Gasteiger partial charge in [0, 0.05) is 11.8 Å². The van der Waals surface area contributed by atoms with Crippen LogP contribution in [-0.2, 0) is 0 Å². The molecule has 0 aliphatic rings. The van der Waals surface area contributed by atoms with Crippen LogP contribution in [0.2, 0.25) is 0 Å². The molecule has 0 saturated heterocycles.